The highest BCUT2D eigenvalue weighted by atomic mass is 19.2. The molecule has 1 aromatic carbocycles. The van der Waals surface area contributed by atoms with E-state index in [0.717, 1.165) is 38.2 Å². The molecule has 0 aromatic heterocycles. The molecule has 2 aliphatic heterocycles. The zero-order chi connectivity index (χ0) is 16.4. The van der Waals surface area contributed by atoms with Gasteiger partial charge >= 0.3 is 0 Å². The Hall–Kier alpha value is -1.60. The Balaban J connectivity index is 1.63. The first kappa shape index (κ1) is 16.3. The van der Waals surface area contributed by atoms with E-state index in [1.54, 1.807) is 0 Å². The molecule has 23 heavy (non-hydrogen) atoms. The van der Waals surface area contributed by atoms with Crippen LogP contribution in [-0.2, 0) is 4.74 Å². The maximum absolute atomic E-state index is 13.7. The molecule has 0 saturated carbocycles. The minimum absolute atomic E-state index is 0.414. The average molecular weight is 328 g/mol. The van der Waals surface area contributed by atoms with Crippen LogP contribution in [0, 0.1) is 17.5 Å². The minimum Gasteiger partial charge on any atom is -0.381 e. The van der Waals surface area contributed by atoms with Gasteiger partial charge in [0.15, 0.2) is 17.5 Å². The van der Waals surface area contributed by atoms with Gasteiger partial charge in [-0.2, -0.15) is 0 Å². The maximum Gasteiger partial charge on any atom is 0.257 e. The Kier molecular flexibility index (Phi) is 4.87. The molecule has 2 heterocycles. The molecule has 0 atom stereocenters. The second-order valence-corrected chi connectivity index (χ2v) is 5.89. The van der Waals surface area contributed by atoms with Crippen LogP contribution in [0.1, 0.15) is 23.2 Å². The van der Waals surface area contributed by atoms with E-state index in [2.05, 4.69) is 4.90 Å². The lowest BCUT2D eigenvalue weighted by Gasteiger charge is -2.40. The largest absolute Gasteiger partial charge is 0.381 e. The molecule has 0 aliphatic carbocycles. The van der Waals surface area contributed by atoms with E-state index in [-0.39, 0.29) is 0 Å². The fourth-order valence-corrected chi connectivity index (χ4v) is 3.20. The first-order valence-corrected chi connectivity index (χ1v) is 7.82. The Morgan fingerprint density at radius 1 is 1.00 bits per heavy atom. The van der Waals surface area contributed by atoms with Crippen LogP contribution in [-0.4, -0.2) is 61.1 Å². The number of rotatable bonds is 2. The highest BCUT2D eigenvalue weighted by Crippen LogP contribution is 2.20. The standard InChI is InChI=1S/C16H19F3N2O2/c17-13-2-1-12(14(18)15(13)19)16(22)21-7-5-20(6-8-21)11-3-9-23-10-4-11/h1-2,11H,3-10H2. The number of carbonyl (C=O) groups is 1. The molecule has 0 radical (unpaired) electrons. The van der Waals surface area contributed by atoms with Crippen LogP contribution in [0.3, 0.4) is 0 Å². The highest BCUT2D eigenvalue weighted by molar-refractivity contribution is 5.94. The van der Waals surface area contributed by atoms with Crippen LogP contribution in [0.2, 0.25) is 0 Å². The maximum atomic E-state index is 13.7. The number of carbonyl (C=O) groups excluding carboxylic acids is 1. The van der Waals surface area contributed by atoms with Crippen molar-refractivity contribution in [3.8, 4) is 0 Å². The van der Waals surface area contributed by atoms with Gasteiger partial charge in [0.05, 0.1) is 5.56 Å². The summed E-state index contributed by atoms with van der Waals surface area (Å²) < 4.78 is 45.3. The number of nitrogens with zero attached hydrogens (tertiary/aromatic N) is 2. The van der Waals surface area contributed by atoms with E-state index in [9.17, 15) is 18.0 Å². The van der Waals surface area contributed by atoms with Gasteiger partial charge in [0, 0.05) is 45.4 Å². The van der Waals surface area contributed by atoms with Gasteiger partial charge in [0.25, 0.3) is 5.91 Å². The lowest BCUT2D eigenvalue weighted by atomic mass is 10.1. The van der Waals surface area contributed by atoms with Crippen molar-refractivity contribution >= 4 is 5.91 Å². The summed E-state index contributed by atoms with van der Waals surface area (Å²) >= 11 is 0. The number of benzene rings is 1. The Bertz CT molecular complexity index is 583. The molecule has 0 spiro atoms. The number of hydrogen-bond donors (Lipinski definition) is 0. The summed E-state index contributed by atoms with van der Waals surface area (Å²) in [6, 6.07) is 2.24. The fraction of sp³-hybridized carbons (Fsp3) is 0.562. The molecule has 1 amide bonds. The molecule has 7 heteroatoms. The number of hydrogen-bond acceptors (Lipinski definition) is 3. The number of amides is 1. The fourth-order valence-electron chi connectivity index (χ4n) is 3.20. The summed E-state index contributed by atoms with van der Waals surface area (Å²) in [5, 5.41) is 0. The van der Waals surface area contributed by atoms with Crippen molar-refractivity contribution < 1.29 is 22.7 Å². The van der Waals surface area contributed by atoms with Crippen molar-refractivity contribution in [3.63, 3.8) is 0 Å². The molecule has 2 aliphatic rings. The normalized spacial score (nSPS) is 20.7. The summed E-state index contributed by atoms with van der Waals surface area (Å²) in [6.07, 6.45) is 1.96. The Morgan fingerprint density at radius 3 is 2.30 bits per heavy atom. The molecule has 2 saturated heterocycles. The molecule has 1 aromatic rings. The van der Waals surface area contributed by atoms with Crippen LogP contribution in [0.5, 0.6) is 0 Å². The quantitative estimate of drug-likeness (QED) is 0.779. The summed E-state index contributed by atoms with van der Waals surface area (Å²) in [5.74, 6) is -4.89. The van der Waals surface area contributed by atoms with E-state index < -0.39 is 28.9 Å². The van der Waals surface area contributed by atoms with Gasteiger partial charge < -0.3 is 9.64 Å². The monoisotopic (exact) mass is 328 g/mol. The molecule has 3 rings (SSSR count). The lowest BCUT2D eigenvalue weighted by molar-refractivity contribution is 0.0136. The molecule has 4 nitrogen and oxygen atoms in total. The zero-order valence-corrected chi connectivity index (χ0v) is 12.7. The van der Waals surface area contributed by atoms with Crippen LogP contribution in [0.4, 0.5) is 13.2 Å². The third kappa shape index (κ3) is 3.35. The van der Waals surface area contributed by atoms with Crippen molar-refractivity contribution in [2.24, 2.45) is 0 Å². The van der Waals surface area contributed by atoms with Gasteiger partial charge in [-0.3, -0.25) is 9.69 Å². The van der Waals surface area contributed by atoms with Gasteiger partial charge in [-0.15, -0.1) is 0 Å². The first-order valence-electron chi connectivity index (χ1n) is 7.82. The van der Waals surface area contributed by atoms with E-state index in [1.807, 2.05) is 0 Å². The van der Waals surface area contributed by atoms with Gasteiger partial charge in [-0.1, -0.05) is 0 Å². The number of piperazine rings is 1. The molecular weight excluding hydrogens is 309 g/mol. The molecule has 0 unspecified atom stereocenters. The van der Waals surface area contributed by atoms with Gasteiger partial charge in [0.1, 0.15) is 0 Å². The smallest absolute Gasteiger partial charge is 0.257 e. The number of halogens is 3. The first-order chi connectivity index (χ1) is 11.1. The van der Waals surface area contributed by atoms with E-state index >= 15 is 0 Å². The van der Waals surface area contributed by atoms with E-state index in [0.29, 0.717) is 32.2 Å². The Labute approximate surface area is 132 Å². The van der Waals surface area contributed by atoms with E-state index in [4.69, 9.17) is 4.74 Å². The van der Waals surface area contributed by atoms with Crippen LogP contribution in [0.15, 0.2) is 12.1 Å². The third-order valence-electron chi connectivity index (χ3n) is 4.57. The zero-order valence-electron chi connectivity index (χ0n) is 12.7. The summed E-state index contributed by atoms with van der Waals surface area (Å²) in [7, 11) is 0. The van der Waals surface area contributed by atoms with Gasteiger partial charge in [-0.05, 0) is 25.0 Å². The summed E-state index contributed by atoms with van der Waals surface area (Å²) in [4.78, 5) is 16.1. The van der Waals surface area contributed by atoms with Crippen molar-refractivity contribution in [2.45, 2.75) is 18.9 Å². The van der Waals surface area contributed by atoms with Crippen molar-refractivity contribution in [1.82, 2.24) is 9.80 Å². The van der Waals surface area contributed by atoms with Gasteiger partial charge in [-0.25, -0.2) is 13.2 Å². The lowest BCUT2D eigenvalue weighted by Crippen LogP contribution is -2.53. The molecule has 126 valence electrons. The second-order valence-electron chi connectivity index (χ2n) is 5.89. The third-order valence-corrected chi connectivity index (χ3v) is 4.57. The highest BCUT2D eigenvalue weighted by Gasteiger charge is 2.29. The predicted octanol–water partition coefficient (Wildman–Crippen LogP) is 2.04. The molecular formula is C16H19F3N2O2. The van der Waals surface area contributed by atoms with Gasteiger partial charge in [0.2, 0.25) is 0 Å². The van der Waals surface area contributed by atoms with Crippen molar-refractivity contribution in [1.29, 1.82) is 0 Å². The topological polar surface area (TPSA) is 32.8 Å². The van der Waals surface area contributed by atoms with E-state index in [1.165, 1.54) is 4.90 Å². The predicted molar refractivity (Wildman–Crippen MR) is 77.6 cm³/mol. The SMILES string of the molecule is O=C(c1ccc(F)c(F)c1F)N1CCN(C2CCOCC2)CC1. The van der Waals surface area contributed by atoms with Crippen molar-refractivity contribution in [3.05, 3.63) is 35.1 Å². The molecule has 2 fully saturated rings. The summed E-state index contributed by atoms with van der Waals surface area (Å²) in [5.41, 5.74) is -0.414. The number of ether oxygens (including phenoxy) is 1. The minimum atomic E-state index is -1.60. The average Bonchev–Trinajstić information content (AvgIpc) is 2.60. The van der Waals surface area contributed by atoms with Crippen LogP contribution < -0.4 is 0 Å². The molecule has 0 N–H and O–H groups in total. The Morgan fingerprint density at radius 2 is 1.65 bits per heavy atom. The second kappa shape index (κ2) is 6.88. The van der Waals surface area contributed by atoms with Crippen LogP contribution >= 0.6 is 0 Å². The van der Waals surface area contributed by atoms with Crippen LogP contribution in [0.25, 0.3) is 0 Å². The molecule has 0 bridgehead atoms. The van der Waals surface area contributed by atoms with Crippen molar-refractivity contribution in [2.75, 3.05) is 39.4 Å². The summed E-state index contributed by atoms with van der Waals surface area (Å²) in [6.45, 7) is 3.81.